The highest BCUT2D eigenvalue weighted by molar-refractivity contribution is 7.91. The summed E-state index contributed by atoms with van der Waals surface area (Å²) in [4.78, 5) is 0. The predicted molar refractivity (Wildman–Crippen MR) is 89.0 cm³/mol. The van der Waals surface area contributed by atoms with Crippen LogP contribution in [0.25, 0.3) is 11.0 Å². The number of halogens is 1. The van der Waals surface area contributed by atoms with E-state index in [1.807, 2.05) is 24.3 Å². The van der Waals surface area contributed by atoms with E-state index in [9.17, 15) is 8.42 Å². The fourth-order valence-electron chi connectivity index (χ4n) is 2.84. The highest BCUT2D eigenvalue weighted by Crippen LogP contribution is 2.27. The molecule has 1 aromatic heterocycles. The maximum Gasteiger partial charge on any atom is 0.150 e. The molecule has 1 aliphatic heterocycles. The van der Waals surface area contributed by atoms with Gasteiger partial charge in [0.05, 0.1) is 17.5 Å². The molecule has 120 valence electrons. The highest BCUT2D eigenvalue weighted by Gasteiger charge is 2.24. The van der Waals surface area contributed by atoms with Crippen molar-refractivity contribution in [1.29, 1.82) is 0 Å². The van der Waals surface area contributed by atoms with Gasteiger partial charge >= 0.3 is 0 Å². The summed E-state index contributed by atoms with van der Waals surface area (Å²) in [7, 11) is -2.79. The summed E-state index contributed by atoms with van der Waals surface area (Å²) in [5, 5.41) is 5.15. The summed E-state index contributed by atoms with van der Waals surface area (Å²) in [6.45, 7) is 2.87. The summed E-state index contributed by atoms with van der Waals surface area (Å²) < 4.78 is 28.7. The van der Waals surface area contributed by atoms with Crippen molar-refractivity contribution in [1.82, 2.24) is 5.32 Å². The molecule has 0 spiro atoms. The van der Waals surface area contributed by atoms with Gasteiger partial charge in [-0.3, -0.25) is 0 Å². The monoisotopic (exact) mass is 341 g/mol. The van der Waals surface area contributed by atoms with E-state index in [1.165, 1.54) is 0 Å². The third-order valence-corrected chi connectivity index (χ3v) is 6.26. The van der Waals surface area contributed by atoms with Crippen molar-refractivity contribution in [2.24, 2.45) is 5.92 Å². The SMILES string of the molecule is CC(NCC1CCS(=O)(=O)CC1)c1cc2cc(Cl)ccc2o1. The normalized spacial score (nSPS) is 20.3. The number of furan rings is 1. The molecule has 0 radical (unpaired) electrons. The molecule has 22 heavy (non-hydrogen) atoms. The van der Waals surface area contributed by atoms with Crippen LogP contribution in [0.1, 0.15) is 31.6 Å². The lowest BCUT2D eigenvalue weighted by Crippen LogP contribution is -2.32. The van der Waals surface area contributed by atoms with E-state index >= 15 is 0 Å². The second kappa shape index (κ2) is 6.22. The average Bonchev–Trinajstić information content (AvgIpc) is 2.89. The zero-order chi connectivity index (χ0) is 15.7. The van der Waals surface area contributed by atoms with Gasteiger partial charge in [0.25, 0.3) is 0 Å². The van der Waals surface area contributed by atoms with E-state index in [0.717, 1.165) is 36.1 Å². The standard InChI is InChI=1S/C16H20ClNO3S/c1-11(18-10-12-4-6-22(19,20)7-5-12)16-9-13-8-14(17)2-3-15(13)21-16/h2-3,8-9,11-12,18H,4-7,10H2,1H3. The van der Waals surface area contributed by atoms with Crippen molar-refractivity contribution >= 4 is 32.4 Å². The van der Waals surface area contributed by atoms with E-state index in [1.54, 1.807) is 0 Å². The lowest BCUT2D eigenvalue weighted by atomic mass is 10.0. The van der Waals surface area contributed by atoms with Gasteiger partial charge in [-0.2, -0.15) is 0 Å². The molecule has 2 heterocycles. The number of fused-ring (bicyclic) bond motifs is 1. The van der Waals surface area contributed by atoms with E-state index in [2.05, 4.69) is 12.2 Å². The van der Waals surface area contributed by atoms with E-state index in [-0.39, 0.29) is 6.04 Å². The Morgan fingerprint density at radius 3 is 2.77 bits per heavy atom. The molecule has 1 unspecified atom stereocenters. The second-order valence-electron chi connectivity index (χ2n) is 6.06. The van der Waals surface area contributed by atoms with Crippen LogP contribution in [0.4, 0.5) is 0 Å². The summed E-state index contributed by atoms with van der Waals surface area (Å²) in [6, 6.07) is 7.68. The van der Waals surface area contributed by atoms with Crippen LogP contribution in [-0.2, 0) is 9.84 Å². The molecule has 1 aromatic carbocycles. The van der Waals surface area contributed by atoms with E-state index in [0.29, 0.717) is 22.4 Å². The third kappa shape index (κ3) is 3.65. The molecule has 1 atom stereocenters. The number of hydrogen-bond donors (Lipinski definition) is 1. The highest BCUT2D eigenvalue weighted by atomic mass is 35.5. The summed E-state index contributed by atoms with van der Waals surface area (Å²) in [5.74, 6) is 1.93. The van der Waals surface area contributed by atoms with Gasteiger partial charge in [-0.15, -0.1) is 0 Å². The van der Waals surface area contributed by atoms with Gasteiger partial charge in [-0.05, 0) is 56.5 Å². The van der Waals surface area contributed by atoms with Crippen LogP contribution < -0.4 is 5.32 Å². The average molecular weight is 342 g/mol. The topological polar surface area (TPSA) is 59.3 Å². The van der Waals surface area contributed by atoms with Gasteiger partial charge in [0.2, 0.25) is 0 Å². The molecule has 6 heteroatoms. The first kappa shape index (κ1) is 15.8. The van der Waals surface area contributed by atoms with Crippen LogP contribution in [0.5, 0.6) is 0 Å². The number of hydrogen-bond acceptors (Lipinski definition) is 4. The van der Waals surface area contributed by atoms with E-state index in [4.69, 9.17) is 16.0 Å². The maximum absolute atomic E-state index is 11.4. The number of nitrogens with one attached hydrogen (secondary N) is 1. The molecule has 4 nitrogen and oxygen atoms in total. The van der Waals surface area contributed by atoms with Crippen molar-refractivity contribution in [2.45, 2.75) is 25.8 Å². The molecule has 1 saturated heterocycles. The van der Waals surface area contributed by atoms with Gasteiger partial charge in [0.15, 0.2) is 0 Å². The molecule has 0 bridgehead atoms. The first-order valence-electron chi connectivity index (χ1n) is 7.56. The molecule has 1 aliphatic rings. The maximum atomic E-state index is 11.4. The van der Waals surface area contributed by atoms with Gasteiger partial charge in [-0.25, -0.2) is 8.42 Å². The zero-order valence-electron chi connectivity index (χ0n) is 12.5. The Labute approximate surface area is 135 Å². The Hall–Kier alpha value is -1.04. The third-order valence-electron chi connectivity index (χ3n) is 4.31. The smallest absolute Gasteiger partial charge is 0.150 e. The van der Waals surface area contributed by atoms with Crippen LogP contribution >= 0.6 is 11.6 Å². The van der Waals surface area contributed by atoms with Gasteiger partial charge in [0, 0.05) is 10.4 Å². The number of sulfone groups is 1. The molecule has 2 aromatic rings. The van der Waals surface area contributed by atoms with Crippen molar-refractivity contribution < 1.29 is 12.8 Å². The summed E-state index contributed by atoms with van der Waals surface area (Å²) in [6.07, 6.45) is 1.50. The Bertz CT molecular complexity index is 755. The largest absolute Gasteiger partial charge is 0.459 e. The fraction of sp³-hybridized carbons (Fsp3) is 0.500. The number of benzene rings is 1. The first-order chi connectivity index (χ1) is 10.4. The molecule has 1 fully saturated rings. The molecular weight excluding hydrogens is 322 g/mol. The molecular formula is C16H20ClNO3S. The van der Waals surface area contributed by atoms with Gasteiger partial charge in [0.1, 0.15) is 21.2 Å². The van der Waals surface area contributed by atoms with Crippen molar-refractivity contribution in [3.05, 3.63) is 35.0 Å². The zero-order valence-corrected chi connectivity index (χ0v) is 14.1. The second-order valence-corrected chi connectivity index (χ2v) is 8.80. The lowest BCUT2D eigenvalue weighted by Gasteiger charge is -2.23. The lowest BCUT2D eigenvalue weighted by molar-refractivity contribution is 0.383. The minimum absolute atomic E-state index is 0.0877. The quantitative estimate of drug-likeness (QED) is 0.923. The van der Waals surface area contributed by atoms with Crippen LogP contribution in [0, 0.1) is 5.92 Å². The van der Waals surface area contributed by atoms with Crippen LogP contribution in [0.2, 0.25) is 5.02 Å². The van der Waals surface area contributed by atoms with Crippen molar-refractivity contribution in [2.75, 3.05) is 18.1 Å². The molecule has 0 aliphatic carbocycles. The number of rotatable bonds is 4. The Morgan fingerprint density at radius 1 is 1.32 bits per heavy atom. The fourth-order valence-corrected chi connectivity index (χ4v) is 4.60. The summed E-state index contributed by atoms with van der Waals surface area (Å²) in [5.41, 5.74) is 0.830. The molecule has 3 rings (SSSR count). The van der Waals surface area contributed by atoms with Crippen molar-refractivity contribution in [3.8, 4) is 0 Å². The van der Waals surface area contributed by atoms with Crippen LogP contribution in [0.15, 0.2) is 28.7 Å². The van der Waals surface area contributed by atoms with E-state index < -0.39 is 9.84 Å². The minimum Gasteiger partial charge on any atom is -0.459 e. The Balaban J connectivity index is 1.60. The predicted octanol–water partition coefficient (Wildman–Crippen LogP) is 3.56. The molecule has 0 saturated carbocycles. The van der Waals surface area contributed by atoms with Crippen LogP contribution in [-0.4, -0.2) is 26.5 Å². The minimum atomic E-state index is -2.79. The summed E-state index contributed by atoms with van der Waals surface area (Å²) >= 11 is 5.99. The van der Waals surface area contributed by atoms with Crippen LogP contribution in [0.3, 0.4) is 0 Å². The van der Waals surface area contributed by atoms with Crippen molar-refractivity contribution in [3.63, 3.8) is 0 Å². The Morgan fingerprint density at radius 2 is 2.05 bits per heavy atom. The first-order valence-corrected chi connectivity index (χ1v) is 9.76. The molecule has 1 N–H and O–H groups in total. The van der Waals surface area contributed by atoms with Gasteiger partial charge in [-0.1, -0.05) is 11.6 Å². The molecule has 0 amide bonds. The Kier molecular flexibility index (Phi) is 4.48. The van der Waals surface area contributed by atoms with Gasteiger partial charge < -0.3 is 9.73 Å².